The summed E-state index contributed by atoms with van der Waals surface area (Å²) in [5.41, 5.74) is 2.82. The van der Waals surface area contributed by atoms with E-state index in [1.807, 2.05) is 60.0 Å². The zero-order chi connectivity index (χ0) is 14.9. The maximum absolute atomic E-state index is 12.7. The lowest BCUT2D eigenvalue weighted by molar-refractivity contribution is 1.04. The van der Waals surface area contributed by atoms with Gasteiger partial charge in [-0.15, -0.1) is 11.3 Å². The molecular weight excluding hydrogens is 290 g/mol. The quantitative estimate of drug-likeness (QED) is 0.525. The van der Waals surface area contributed by atoms with Crippen LogP contribution in [0.3, 0.4) is 0 Å². The van der Waals surface area contributed by atoms with E-state index in [1.54, 1.807) is 22.0 Å². The number of rotatable bonds is 2. The summed E-state index contributed by atoms with van der Waals surface area (Å²) in [6.45, 7) is 0. The Balaban J connectivity index is 2.11. The van der Waals surface area contributed by atoms with Gasteiger partial charge in [-0.2, -0.15) is 0 Å². The summed E-state index contributed by atoms with van der Waals surface area (Å²) in [7, 11) is 0. The van der Waals surface area contributed by atoms with Gasteiger partial charge in [0.25, 0.3) is 5.56 Å². The van der Waals surface area contributed by atoms with Gasteiger partial charge in [-0.1, -0.05) is 42.5 Å². The van der Waals surface area contributed by atoms with Crippen LogP contribution in [0.2, 0.25) is 0 Å². The normalized spacial score (nSPS) is 10.9. The molecule has 0 fully saturated rings. The number of benzene rings is 2. The summed E-state index contributed by atoms with van der Waals surface area (Å²) in [4.78, 5) is 13.8. The van der Waals surface area contributed by atoms with Crippen LogP contribution in [0.1, 0.15) is 0 Å². The van der Waals surface area contributed by atoms with Gasteiger partial charge in [0.2, 0.25) is 0 Å². The third-order valence-electron chi connectivity index (χ3n) is 3.72. The highest BCUT2D eigenvalue weighted by Gasteiger charge is 2.11. The molecule has 0 amide bonds. The average Bonchev–Trinajstić information content (AvgIpc) is 3.09. The first-order chi connectivity index (χ1) is 10.8. The zero-order valence-corrected chi connectivity index (χ0v) is 12.6. The molecule has 2 heterocycles. The first-order valence-corrected chi connectivity index (χ1v) is 7.97. The van der Waals surface area contributed by atoms with Crippen molar-refractivity contribution in [3.63, 3.8) is 0 Å². The fourth-order valence-electron chi connectivity index (χ4n) is 2.76. The lowest BCUT2D eigenvalue weighted by Gasteiger charge is -2.13. The molecule has 0 radical (unpaired) electrons. The predicted molar refractivity (Wildman–Crippen MR) is 92.9 cm³/mol. The van der Waals surface area contributed by atoms with Crippen LogP contribution in [-0.2, 0) is 0 Å². The lowest BCUT2D eigenvalue weighted by atomic mass is 10.1. The second-order valence-corrected chi connectivity index (χ2v) is 6.01. The standard InChI is InChI=1S/C19H13NOS/c21-19-13-16(18-11-6-12-22-18)15-9-4-5-10-17(15)20(19)14-7-2-1-3-8-14/h1-13H. The molecule has 0 aliphatic carbocycles. The highest BCUT2D eigenvalue weighted by Crippen LogP contribution is 2.31. The van der Waals surface area contributed by atoms with Gasteiger partial charge in [0.1, 0.15) is 0 Å². The molecule has 0 atom stereocenters. The minimum Gasteiger partial charge on any atom is -0.277 e. The van der Waals surface area contributed by atoms with Crippen molar-refractivity contribution in [2.75, 3.05) is 0 Å². The average molecular weight is 303 g/mol. The van der Waals surface area contributed by atoms with Crippen LogP contribution >= 0.6 is 11.3 Å². The minimum absolute atomic E-state index is 0.00620. The van der Waals surface area contributed by atoms with Crippen molar-refractivity contribution >= 4 is 22.2 Å². The molecule has 2 aromatic heterocycles. The van der Waals surface area contributed by atoms with Crippen molar-refractivity contribution in [3.8, 4) is 16.1 Å². The van der Waals surface area contributed by atoms with Gasteiger partial charge >= 0.3 is 0 Å². The highest BCUT2D eigenvalue weighted by molar-refractivity contribution is 7.13. The number of para-hydroxylation sites is 2. The topological polar surface area (TPSA) is 22.0 Å². The summed E-state index contributed by atoms with van der Waals surface area (Å²) in [6, 6.07) is 23.6. The van der Waals surface area contributed by atoms with Crippen molar-refractivity contribution in [1.29, 1.82) is 0 Å². The SMILES string of the molecule is O=c1cc(-c2cccs2)c2ccccc2n1-c1ccccc1. The van der Waals surface area contributed by atoms with Crippen LogP contribution in [0.15, 0.2) is 83.0 Å². The molecule has 3 heteroatoms. The van der Waals surface area contributed by atoms with E-state index in [9.17, 15) is 4.79 Å². The molecular formula is C19H13NOS. The Morgan fingerprint density at radius 3 is 2.36 bits per heavy atom. The van der Waals surface area contributed by atoms with Crippen LogP contribution in [0.4, 0.5) is 0 Å². The van der Waals surface area contributed by atoms with E-state index in [4.69, 9.17) is 0 Å². The summed E-state index contributed by atoms with van der Waals surface area (Å²) >= 11 is 1.65. The molecule has 0 N–H and O–H groups in total. The van der Waals surface area contributed by atoms with Gasteiger partial charge in [0.05, 0.1) is 5.52 Å². The monoisotopic (exact) mass is 303 g/mol. The van der Waals surface area contributed by atoms with Crippen molar-refractivity contribution in [2.24, 2.45) is 0 Å². The van der Waals surface area contributed by atoms with E-state index in [-0.39, 0.29) is 5.56 Å². The number of fused-ring (bicyclic) bond motifs is 1. The van der Waals surface area contributed by atoms with Crippen LogP contribution < -0.4 is 5.56 Å². The van der Waals surface area contributed by atoms with Gasteiger partial charge in [-0.3, -0.25) is 9.36 Å². The molecule has 0 unspecified atom stereocenters. The molecule has 0 aliphatic rings. The van der Waals surface area contributed by atoms with Crippen LogP contribution in [-0.4, -0.2) is 4.57 Å². The molecule has 22 heavy (non-hydrogen) atoms. The van der Waals surface area contributed by atoms with E-state index >= 15 is 0 Å². The van der Waals surface area contributed by atoms with E-state index in [0.29, 0.717) is 0 Å². The van der Waals surface area contributed by atoms with Gasteiger partial charge in [0, 0.05) is 27.6 Å². The zero-order valence-electron chi connectivity index (χ0n) is 11.8. The van der Waals surface area contributed by atoms with Crippen molar-refractivity contribution in [2.45, 2.75) is 0 Å². The smallest absolute Gasteiger partial charge is 0.256 e. The number of aromatic nitrogens is 1. The summed E-state index contributed by atoms with van der Waals surface area (Å²) in [5.74, 6) is 0. The second-order valence-electron chi connectivity index (χ2n) is 5.06. The molecule has 0 saturated heterocycles. The van der Waals surface area contributed by atoms with Gasteiger partial charge in [0.15, 0.2) is 0 Å². The van der Waals surface area contributed by atoms with Crippen molar-refractivity contribution in [3.05, 3.63) is 88.5 Å². The van der Waals surface area contributed by atoms with E-state index in [0.717, 1.165) is 27.0 Å². The number of thiophene rings is 1. The number of nitrogens with zero attached hydrogens (tertiary/aromatic N) is 1. The molecule has 2 nitrogen and oxygen atoms in total. The van der Waals surface area contributed by atoms with Crippen LogP contribution in [0, 0.1) is 0 Å². The third kappa shape index (κ3) is 2.07. The molecule has 4 aromatic rings. The maximum Gasteiger partial charge on any atom is 0.256 e. The summed E-state index contributed by atoms with van der Waals surface area (Å²) in [5, 5.41) is 3.13. The van der Waals surface area contributed by atoms with Crippen LogP contribution in [0.5, 0.6) is 0 Å². The lowest BCUT2D eigenvalue weighted by Crippen LogP contribution is -2.18. The minimum atomic E-state index is -0.00620. The Labute approximate surface area is 131 Å². The molecule has 106 valence electrons. The van der Waals surface area contributed by atoms with Gasteiger partial charge in [-0.05, 0) is 29.6 Å². The number of pyridine rings is 1. The highest BCUT2D eigenvalue weighted by atomic mass is 32.1. The van der Waals surface area contributed by atoms with Gasteiger partial charge < -0.3 is 0 Å². The fourth-order valence-corrected chi connectivity index (χ4v) is 3.52. The summed E-state index contributed by atoms with van der Waals surface area (Å²) in [6.07, 6.45) is 0. The van der Waals surface area contributed by atoms with Crippen molar-refractivity contribution in [1.82, 2.24) is 4.57 Å². The van der Waals surface area contributed by atoms with Crippen LogP contribution in [0.25, 0.3) is 27.0 Å². The maximum atomic E-state index is 12.7. The third-order valence-corrected chi connectivity index (χ3v) is 4.63. The van der Waals surface area contributed by atoms with Gasteiger partial charge in [-0.25, -0.2) is 0 Å². The molecule has 0 saturated carbocycles. The fraction of sp³-hybridized carbons (Fsp3) is 0. The second kappa shape index (κ2) is 5.28. The molecule has 2 aromatic carbocycles. The first-order valence-electron chi connectivity index (χ1n) is 7.09. The van der Waals surface area contributed by atoms with E-state index < -0.39 is 0 Å². The predicted octanol–water partition coefficient (Wildman–Crippen LogP) is 4.72. The number of hydrogen-bond acceptors (Lipinski definition) is 2. The molecule has 0 spiro atoms. The molecule has 4 rings (SSSR count). The Morgan fingerprint density at radius 1 is 0.818 bits per heavy atom. The Kier molecular flexibility index (Phi) is 3.13. The van der Waals surface area contributed by atoms with E-state index in [1.165, 1.54) is 0 Å². The van der Waals surface area contributed by atoms with E-state index in [2.05, 4.69) is 12.1 Å². The Hall–Kier alpha value is -2.65. The van der Waals surface area contributed by atoms with Crippen molar-refractivity contribution < 1.29 is 0 Å². The first kappa shape index (κ1) is 13.0. The number of hydrogen-bond donors (Lipinski definition) is 0. The Morgan fingerprint density at radius 2 is 1.59 bits per heavy atom. The Bertz CT molecular complexity index is 985. The molecule has 0 aliphatic heterocycles. The largest absolute Gasteiger partial charge is 0.277 e. The molecule has 0 bridgehead atoms. The summed E-state index contributed by atoms with van der Waals surface area (Å²) < 4.78 is 1.77.